The first-order valence-corrected chi connectivity index (χ1v) is 31.7. The number of hydrogen-bond donors (Lipinski definition) is 8. The molecule has 4 heterocycles. The molecular formula is C67H78ClN13O15. The van der Waals surface area contributed by atoms with Crippen LogP contribution < -0.4 is 48.1 Å². The highest BCUT2D eigenvalue weighted by molar-refractivity contribution is 6.20. The number of H-pyrrole nitrogens is 1. The monoisotopic (exact) mass is 1340 g/mol. The van der Waals surface area contributed by atoms with E-state index in [1.165, 1.54) is 23.0 Å². The first-order chi connectivity index (χ1) is 46.0. The molecule has 0 radical (unpaired) electrons. The van der Waals surface area contributed by atoms with E-state index in [9.17, 15) is 52.7 Å². The van der Waals surface area contributed by atoms with Gasteiger partial charge in [0, 0.05) is 116 Å². The number of halogens is 1. The first kappa shape index (κ1) is 71.2. The molecule has 0 saturated heterocycles. The zero-order valence-electron chi connectivity index (χ0n) is 53.6. The number of rotatable bonds is 32. The van der Waals surface area contributed by atoms with Crippen LogP contribution in [-0.4, -0.2) is 168 Å². The number of amides is 11. The van der Waals surface area contributed by atoms with Crippen molar-refractivity contribution in [2.75, 3.05) is 93.3 Å². The molecule has 2 aliphatic rings. The van der Waals surface area contributed by atoms with Crippen molar-refractivity contribution in [2.45, 2.75) is 77.9 Å². The molecule has 2 aromatic heterocycles. The third-order valence-corrected chi connectivity index (χ3v) is 16.5. The number of aryl methyl sites for hydroxylation is 1. The number of unbranched alkanes of at least 4 members (excludes halogenated alkanes) is 1. The van der Waals surface area contributed by atoms with Crippen molar-refractivity contribution in [1.82, 2.24) is 35.3 Å². The second-order valence-corrected chi connectivity index (χ2v) is 23.8. The van der Waals surface area contributed by atoms with E-state index >= 15 is 0 Å². The summed E-state index contributed by atoms with van der Waals surface area (Å²) < 4.78 is 22.5. The lowest BCUT2D eigenvalue weighted by Crippen LogP contribution is -2.46. The number of aromatic amines is 1. The van der Waals surface area contributed by atoms with Crippen LogP contribution >= 0.6 is 11.6 Å². The standard InChI is InChI=1S/C67H78ClN13O15/c1-39(2)60(77-65(90)94-30-29-93-28-27-80-56(84)21-22-57(80)85)52(82)32-43(10-8-23-72-64(71)89)62(87)74-47-19-13-41(14-20-47)38-95-66(91)78(4)25-26-79(24-6-5-12-54(70)83)67(92)96-53-34-51-59(58-40(3)9-7-11-48(53)58)45(35-68)37-81(51)63(88)49-31-44-33-55(73-36-50(44)75-49)76-61(86)42-15-17-46(69)18-16-42/h7,9,11,13-22,31,33-34,36,39,43,45,60,75H,5-6,8,10,12,23-30,32,35,37-38,69H2,1-4H3,(H2,70,83)(H,74,87)(H,77,90)(H3,71,72,89)(H,73,76,86)/t43-,45-,60+/m1/s1. The van der Waals surface area contributed by atoms with Gasteiger partial charge in [0.1, 0.15) is 30.5 Å². The molecule has 0 bridgehead atoms. The number of nitrogens with zero attached hydrogens (tertiary/aromatic N) is 5. The zero-order chi connectivity index (χ0) is 69.2. The van der Waals surface area contributed by atoms with E-state index in [-0.39, 0.29) is 120 Å². The summed E-state index contributed by atoms with van der Waals surface area (Å²) in [5.41, 5.74) is 21.2. The Labute approximate surface area is 557 Å². The topological polar surface area (TPSA) is 393 Å². The zero-order valence-corrected chi connectivity index (χ0v) is 54.4. The predicted molar refractivity (Wildman–Crippen MR) is 357 cm³/mol. The van der Waals surface area contributed by atoms with Crippen LogP contribution in [0.4, 0.5) is 42.1 Å². The Kier molecular flexibility index (Phi) is 24.8. The number of carbonyl (C=O) groups is 11. The fourth-order valence-corrected chi connectivity index (χ4v) is 11.3. The van der Waals surface area contributed by atoms with Crippen LogP contribution in [0.1, 0.15) is 95.8 Å². The molecule has 8 rings (SSSR count). The molecule has 11 amide bonds. The summed E-state index contributed by atoms with van der Waals surface area (Å²) >= 11 is 6.67. The molecule has 508 valence electrons. The Balaban J connectivity index is 0.875. The van der Waals surface area contributed by atoms with Gasteiger partial charge in [-0.3, -0.25) is 38.5 Å². The van der Waals surface area contributed by atoms with Gasteiger partial charge in [-0.1, -0.05) is 44.2 Å². The first-order valence-electron chi connectivity index (χ1n) is 31.2. The number of primary amides is 2. The molecule has 0 unspecified atom stereocenters. The molecule has 0 fully saturated rings. The summed E-state index contributed by atoms with van der Waals surface area (Å²) in [6.45, 7) is 5.38. The maximum Gasteiger partial charge on any atom is 0.415 e. The molecular weight excluding hydrogens is 1260 g/mol. The number of aromatic nitrogens is 2. The van der Waals surface area contributed by atoms with E-state index in [0.717, 1.165) is 33.6 Å². The second-order valence-electron chi connectivity index (χ2n) is 23.5. The lowest BCUT2D eigenvalue weighted by Gasteiger charge is -2.26. The second kappa shape index (κ2) is 33.5. The van der Waals surface area contributed by atoms with Crippen LogP contribution in [0.2, 0.25) is 0 Å². The van der Waals surface area contributed by atoms with E-state index in [1.807, 2.05) is 25.1 Å². The van der Waals surface area contributed by atoms with E-state index < -0.39 is 83.4 Å². The Morgan fingerprint density at radius 2 is 1.57 bits per heavy atom. The van der Waals surface area contributed by atoms with Crippen molar-refractivity contribution in [3.8, 4) is 5.75 Å². The van der Waals surface area contributed by atoms with Gasteiger partial charge in [-0.15, -0.1) is 11.6 Å². The number of alkyl halides is 1. The number of nitrogens with one attached hydrogen (secondary N) is 5. The van der Waals surface area contributed by atoms with E-state index in [0.29, 0.717) is 57.3 Å². The summed E-state index contributed by atoms with van der Waals surface area (Å²) in [6, 6.07) is 21.6. The third kappa shape index (κ3) is 19.0. The number of ether oxygens (including phenoxy) is 4. The minimum Gasteiger partial charge on any atom is -0.447 e. The summed E-state index contributed by atoms with van der Waals surface area (Å²) in [4.78, 5) is 155. The van der Waals surface area contributed by atoms with Crippen molar-refractivity contribution in [3.63, 3.8) is 0 Å². The molecule has 28 nitrogen and oxygen atoms in total. The number of alkyl carbamates (subject to hydrolysis) is 1. The fourth-order valence-electron chi connectivity index (χ4n) is 11.0. The molecule has 6 aromatic rings. The molecule has 0 spiro atoms. The maximum atomic E-state index is 14.7. The van der Waals surface area contributed by atoms with Crippen molar-refractivity contribution >= 4 is 122 Å². The number of imide groups is 1. The van der Waals surface area contributed by atoms with E-state index in [2.05, 4.69) is 31.2 Å². The highest BCUT2D eigenvalue weighted by atomic mass is 35.5. The molecule has 0 aliphatic carbocycles. The van der Waals surface area contributed by atoms with Crippen LogP contribution in [0.25, 0.3) is 21.7 Å². The van der Waals surface area contributed by atoms with Gasteiger partial charge in [-0.2, -0.15) is 0 Å². The number of Topliss-reactive ketones (excluding diaryl/α,β-unsaturated/α-hetero) is 1. The summed E-state index contributed by atoms with van der Waals surface area (Å²) in [6.07, 6.45) is 2.40. The van der Waals surface area contributed by atoms with Gasteiger partial charge in [0.05, 0.1) is 43.2 Å². The van der Waals surface area contributed by atoms with Crippen molar-refractivity contribution in [2.24, 2.45) is 23.3 Å². The number of pyridine rings is 1. The number of benzene rings is 4. The molecule has 4 aromatic carbocycles. The van der Waals surface area contributed by atoms with Gasteiger partial charge < -0.3 is 77.1 Å². The Morgan fingerprint density at radius 1 is 0.833 bits per heavy atom. The maximum absolute atomic E-state index is 14.7. The van der Waals surface area contributed by atoms with E-state index in [1.54, 1.807) is 85.5 Å². The lowest BCUT2D eigenvalue weighted by molar-refractivity contribution is -0.137. The smallest absolute Gasteiger partial charge is 0.415 e. The third-order valence-electron chi connectivity index (χ3n) is 16.1. The number of likely N-dealkylation sites (N-methyl/N-ethyl adjacent to an activating group) is 1. The Morgan fingerprint density at radius 3 is 2.27 bits per heavy atom. The number of nitrogens with two attached hydrogens (primary N) is 3. The summed E-state index contributed by atoms with van der Waals surface area (Å²) in [7, 11) is 1.50. The number of hydrogen-bond acceptors (Lipinski definition) is 17. The summed E-state index contributed by atoms with van der Waals surface area (Å²) in [5.74, 6) is -4.19. The van der Waals surface area contributed by atoms with Gasteiger partial charge >= 0.3 is 24.3 Å². The quantitative estimate of drug-likeness (QED) is 0.00894. The van der Waals surface area contributed by atoms with Gasteiger partial charge in [0.15, 0.2) is 5.78 Å². The van der Waals surface area contributed by atoms with Crippen LogP contribution in [0.15, 0.2) is 103 Å². The minimum atomic E-state index is -1.04. The molecule has 2 aliphatic heterocycles. The largest absolute Gasteiger partial charge is 0.447 e. The normalized spacial score (nSPS) is 13.9. The molecule has 11 N–H and O–H groups in total. The highest BCUT2D eigenvalue weighted by Gasteiger charge is 2.37. The minimum absolute atomic E-state index is 0.0145. The number of ketones is 1. The van der Waals surface area contributed by atoms with Crippen molar-refractivity contribution < 1.29 is 71.7 Å². The van der Waals surface area contributed by atoms with Crippen molar-refractivity contribution in [1.29, 1.82) is 0 Å². The highest BCUT2D eigenvalue weighted by Crippen LogP contribution is 2.47. The van der Waals surface area contributed by atoms with Crippen LogP contribution in [0.3, 0.4) is 0 Å². The van der Waals surface area contributed by atoms with Gasteiger partial charge in [0.25, 0.3) is 23.6 Å². The average molecular weight is 1340 g/mol. The number of urea groups is 1. The summed E-state index contributed by atoms with van der Waals surface area (Å²) in [5, 5.41) is 12.6. The average Bonchev–Trinajstić information content (AvgIpc) is 1.54. The van der Waals surface area contributed by atoms with Crippen molar-refractivity contribution in [3.05, 3.63) is 131 Å². The predicted octanol–water partition coefficient (Wildman–Crippen LogP) is 7.22. The molecule has 3 atom stereocenters. The lowest BCUT2D eigenvalue weighted by atomic mass is 9.89. The molecule has 29 heteroatoms. The van der Waals surface area contributed by atoms with Gasteiger partial charge in [-0.25, -0.2) is 24.2 Å². The fraction of sp³-hybridized carbons (Fsp3) is 0.373. The molecule has 0 saturated carbocycles. The number of fused-ring (bicyclic) bond motifs is 4. The number of carbonyl (C=O) groups excluding carboxylic acids is 11. The van der Waals surface area contributed by atoms with Crippen LogP contribution in [0.5, 0.6) is 5.75 Å². The number of nitrogen functional groups attached to an aromatic ring is 1. The molecule has 96 heavy (non-hydrogen) atoms. The van der Waals surface area contributed by atoms with Crippen LogP contribution in [0, 0.1) is 18.8 Å². The Hall–Kier alpha value is -10.6. The van der Waals surface area contributed by atoms with Crippen LogP contribution in [-0.2, 0) is 44.8 Å². The van der Waals surface area contributed by atoms with E-state index in [4.69, 9.17) is 47.7 Å². The van der Waals surface area contributed by atoms with Gasteiger partial charge in [0.2, 0.25) is 11.8 Å². The number of anilines is 4. The SMILES string of the molecule is Cc1cccc2c(OC(=O)N(CCCCC(N)=O)CCN(C)C(=O)OCc3ccc(NC(=O)[C@H](CCCNC(N)=O)CC(=O)[C@@H](NC(=O)OCCOCCN4C(=O)C=CC4=O)C(C)C)cc3)cc3c(c12)[C@H](CCl)CN3C(=O)c1cc2cc(NC(=O)c3ccc(N)cc3)ncc2[nH]1. The Bertz CT molecular complexity index is 3900. The van der Waals surface area contributed by atoms with Gasteiger partial charge in [-0.05, 0) is 109 Å².